The first-order chi connectivity index (χ1) is 68.2. The third-order valence-corrected chi connectivity index (χ3v) is 22.5. The van der Waals surface area contributed by atoms with Crippen LogP contribution in [0.25, 0.3) is 94.3 Å². The average molecular weight is 1580 g/mol. The van der Waals surface area contributed by atoms with Gasteiger partial charge in [-0.05, 0) is 226 Å². The fraction of sp³-hybridized carbons (Fsp3) is 0.316. The third kappa shape index (κ3) is 14.7. The van der Waals surface area contributed by atoms with Crippen LogP contribution in [0.1, 0.15) is 280 Å². The van der Waals surface area contributed by atoms with Gasteiger partial charge in [-0.2, -0.15) is 0 Å². The molecule has 118 heavy (non-hydrogen) atoms. The van der Waals surface area contributed by atoms with Gasteiger partial charge >= 0.3 is 0 Å². The fourth-order valence-electron chi connectivity index (χ4n) is 15.8. The molecule has 0 spiro atoms. The maximum absolute atomic E-state index is 11.8. The van der Waals surface area contributed by atoms with Gasteiger partial charge in [-0.15, -0.1) is 0 Å². The van der Waals surface area contributed by atoms with Crippen molar-refractivity contribution in [1.29, 1.82) is 0 Å². The summed E-state index contributed by atoms with van der Waals surface area (Å²) in [5.74, 6) is 0. The Kier molecular flexibility index (Phi) is 12.5. The van der Waals surface area contributed by atoms with Crippen molar-refractivity contribution in [2.45, 2.75) is 236 Å². The molecule has 0 N–H and O–H groups in total. The molecule has 0 saturated carbocycles. The van der Waals surface area contributed by atoms with Crippen LogP contribution in [0.4, 0.5) is 34.1 Å². The zero-order valence-electron chi connectivity index (χ0n) is 104. The lowest BCUT2D eigenvalue weighted by atomic mass is 9.33. The molecule has 598 valence electrons. The smallest absolute Gasteiger partial charge is 0.252 e. The summed E-state index contributed by atoms with van der Waals surface area (Å²) in [5, 5.41) is -0.655. The summed E-state index contributed by atoms with van der Waals surface area (Å²) in [6.07, 6.45) is 0. The van der Waals surface area contributed by atoms with E-state index in [1.807, 2.05) is 45.0 Å². The van der Waals surface area contributed by atoms with Gasteiger partial charge in [0.2, 0.25) is 0 Å². The first-order valence-electron chi connectivity index (χ1n) is 56.3. The van der Waals surface area contributed by atoms with Crippen LogP contribution < -0.4 is 26.2 Å². The molecule has 2 aliphatic rings. The SMILES string of the molecule is [2H]c1c([2H])c([2H])c(-c2ccc3c(c2)N(c2c(-c4c([2H])c([2H])c(C(C)(C)C)c([2H])c4[2H])c([2H])c(C(C)(C)C)c([2H])c2-c2c([2H])c([2H])c(C(C)(C)C)c([2H])c2C(C)(C)C)c2cc(-c4cccc(C(C)(C)C)c4)cc4c2B3c2ccc(-n3c5c([2H])c([2H])c([2H])c([2H])c5c5c([2H])c([2H])c([2H])c([2H])c53)cc2N4c2c(-c3c([2H])c([2H])c(C(C)(C)C)c([2H])c3[2H])c([2H])c(C(C)(C)C)c([2H])c2-c2c([2H])c([2H])c(C(C)(C)C)c([2H])c2C(C)(C)C)c([2H])c1[2H]. The van der Waals surface area contributed by atoms with Crippen LogP contribution in [0.2, 0.25) is 0 Å². The number of para-hydroxylation sites is 2. The van der Waals surface area contributed by atoms with Crippen LogP contribution in [0, 0.1) is 0 Å². The van der Waals surface area contributed by atoms with Crippen molar-refractivity contribution in [1.82, 2.24) is 4.57 Å². The van der Waals surface area contributed by atoms with Gasteiger partial charge in [-0.1, -0.05) is 380 Å². The Balaban J connectivity index is 1.32. The summed E-state index contributed by atoms with van der Waals surface area (Å²) in [4.78, 5) is 3.24. The van der Waals surface area contributed by atoms with Crippen LogP contribution in [0.3, 0.4) is 0 Å². The molecule has 0 bridgehead atoms. The number of rotatable bonds is 9. The highest BCUT2D eigenvalue weighted by Crippen LogP contribution is 2.58. The zero-order chi connectivity index (χ0) is 111. The molecular formula is C114H124BN3. The lowest BCUT2D eigenvalue weighted by molar-refractivity contribution is 0.569. The van der Waals surface area contributed by atoms with Crippen molar-refractivity contribution < 1.29 is 42.5 Å². The Morgan fingerprint density at radius 1 is 0.254 bits per heavy atom. The minimum Gasteiger partial charge on any atom is -0.310 e. The second kappa shape index (κ2) is 28.5. The van der Waals surface area contributed by atoms with E-state index in [2.05, 4.69) is 0 Å². The van der Waals surface area contributed by atoms with E-state index in [-0.39, 0.29) is 168 Å². The highest BCUT2D eigenvalue weighted by molar-refractivity contribution is 7.00. The van der Waals surface area contributed by atoms with Crippen LogP contribution in [-0.4, -0.2) is 11.3 Å². The maximum atomic E-state index is 11.8. The number of nitrogens with zero attached hydrogens (tertiary/aromatic N) is 3. The van der Waals surface area contributed by atoms with E-state index in [0.717, 1.165) is 5.56 Å². The number of anilines is 6. The van der Waals surface area contributed by atoms with E-state index >= 15 is 0 Å². The number of fused-ring (bicyclic) bond motifs is 7. The van der Waals surface area contributed by atoms with Crippen LogP contribution in [-0.2, 0) is 48.7 Å². The topological polar surface area (TPSA) is 11.4 Å². The molecular weight excluding hydrogens is 1420 g/mol. The van der Waals surface area contributed by atoms with Crippen molar-refractivity contribution in [2.24, 2.45) is 0 Å². The van der Waals surface area contributed by atoms with Gasteiger partial charge in [0.1, 0.15) is 0 Å². The van der Waals surface area contributed by atoms with Gasteiger partial charge in [0, 0.05) is 61.5 Å². The van der Waals surface area contributed by atoms with Gasteiger partial charge in [0.25, 0.3) is 6.71 Å². The molecule has 0 amide bonds. The standard InChI is InChI=1S/C114H124BN3/c1-106(2,3)77-49-44-72(45-50-77)89-64-82(111(16,17)18)66-91(85-56-53-80(109(10,11)12)68-93(85)113(22,23)24)104(89)117-99-61-75(71-36-29-28-30-37-71)48-58-95(99)115-96-59-55-84(116-97-42-33-31-40-87(97)88-41-32-34-43-98(88)116)70-100(96)118(102-63-76(62-101(117)103(102)115)74-38-35-39-79(60-74)108(7,8)9)105-90(73-46-51-78(52-47-73)107(4,5)6)65-83(112(19,20)21)67-92(105)86-57-54-81(110(13,14)15)69-94(86)114(25,26)27/h28-70H,1-27H3/i28D,29D,30D,31D,32D,33D,34D,36D,37D,40D,41D,42D,43D,44D,45D,46D,47D,49D,50D,51D,52D,53D,54D,56D,57D,64D,65D,66D,67D,68D,69D. The third-order valence-electron chi connectivity index (χ3n) is 22.5. The Bertz CT molecular complexity index is 8100. The van der Waals surface area contributed by atoms with E-state index in [0.29, 0.717) is 5.56 Å². The van der Waals surface area contributed by atoms with Gasteiger partial charge in [-0.25, -0.2) is 0 Å². The second-order valence-electron chi connectivity index (χ2n) is 41.1. The van der Waals surface area contributed by atoms with Gasteiger partial charge in [-0.3, -0.25) is 0 Å². The molecule has 0 atom stereocenters. The summed E-state index contributed by atoms with van der Waals surface area (Å²) in [6.45, 7) is 47.0. The van der Waals surface area contributed by atoms with Crippen molar-refractivity contribution >= 4 is 79.0 Å². The van der Waals surface area contributed by atoms with Crippen LogP contribution in [0.15, 0.2) is 260 Å². The summed E-state index contributed by atoms with van der Waals surface area (Å²) < 4.78 is 324. The highest BCUT2D eigenvalue weighted by Gasteiger charge is 2.47. The zero-order valence-corrected chi connectivity index (χ0v) is 73.3. The molecule has 0 radical (unpaired) electrons. The average Bonchev–Trinajstić information content (AvgIpc) is 1.01. The lowest BCUT2D eigenvalue weighted by Crippen LogP contribution is -2.61. The first-order valence-corrected chi connectivity index (χ1v) is 40.8. The quantitative estimate of drug-likeness (QED) is 0.133. The van der Waals surface area contributed by atoms with E-state index in [1.54, 1.807) is 218 Å². The van der Waals surface area contributed by atoms with E-state index in [9.17, 15) is 41.1 Å². The van der Waals surface area contributed by atoms with E-state index in [4.69, 9.17) is 1.37 Å². The van der Waals surface area contributed by atoms with Gasteiger partial charge < -0.3 is 14.4 Å². The Labute approximate surface area is 751 Å². The number of hydrogen-bond donors (Lipinski definition) is 0. The van der Waals surface area contributed by atoms with Crippen molar-refractivity contribution in [3.05, 3.63) is 310 Å². The van der Waals surface area contributed by atoms with Gasteiger partial charge in [0.15, 0.2) is 0 Å². The largest absolute Gasteiger partial charge is 0.310 e. The van der Waals surface area contributed by atoms with Crippen LogP contribution in [0.5, 0.6) is 0 Å². The molecule has 0 unspecified atom stereocenters. The Hall–Kier alpha value is -10.7. The molecule has 0 aliphatic carbocycles. The Morgan fingerprint density at radius 2 is 0.627 bits per heavy atom. The highest BCUT2D eigenvalue weighted by atomic mass is 15.2. The molecule has 13 aromatic carbocycles. The summed E-state index contributed by atoms with van der Waals surface area (Å²) >= 11 is 0. The molecule has 3 heterocycles. The fourth-order valence-corrected chi connectivity index (χ4v) is 15.8. The molecule has 2 aliphatic heterocycles. The minimum atomic E-state index is -1.46. The van der Waals surface area contributed by atoms with Crippen LogP contribution >= 0.6 is 0 Å². The molecule has 14 aromatic rings. The van der Waals surface area contributed by atoms with E-state index in [1.165, 1.54) is 10.6 Å². The molecule has 0 saturated heterocycles. The van der Waals surface area contributed by atoms with Crippen molar-refractivity contribution in [3.8, 4) is 72.4 Å². The molecule has 3 nitrogen and oxygen atoms in total. The summed E-state index contributed by atoms with van der Waals surface area (Å²) in [5.41, 5.74) is -13.8. The molecule has 1 aromatic heterocycles. The predicted octanol–water partition coefficient (Wildman–Crippen LogP) is 30.5. The summed E-state index contributed by atoms with van der Waals surface area (Å²) in [7, 11) is 0. The number of hydrogen-bond acceptors (Lipinski definition) is 2. The number of aromatic nitrogens is 1. The lowest BCUT2D eigenvalue weighted by Gasteiger charge is -2.46. The molecule has 4 heteroatoms. The van der Waals surface area contributed by atoms with Crippen molar-refractivity contribution in [3.63, 3.8) is 0 Å². The Morgan fingerprint density at radius 3 is 1.05 bits per heavy atom. The normalized spacial score (nSPS) is 17.3. The first kappa shape index (κ1) is 51.6. The monoisotopic (exact) mass is 1580 g/mol. The maximum Gasteiger partial charge on any atom is 0.252 e. The number of benzene rings is 13. The summed E-state index contributed by atoms with van der Waals surface area (Å²) in [6, 6.07) is 1.54. The van der Waals surface area contributed by atoms with E-state index < -0.39 is 259 Å². The predicted molar refractivity (Wildman–Crippen MR) is 516 cm³/mol. The molecule has 16 rings (SSSR count). The minimum absolute atomic E-state index is 0.0338. The van der Waals surface area contributed by atoms with Crippen molar-refractivity contribution in [2.75, 3.05) is 9.80 Å². The van der Waals surface area contributed by atoms with Gasteiger partial charge in [0.05, 0.1) is 64.9 Å². The molecule has 0 fully saturated rings. The second-order valence-corrected chi connectivity index (χ2v) is 41.1.